The summed E-state index contributed by atoms with van der Waals surface area (Å²) in [5, 5.41) is 0. The van der Waals surface area contributed by atoms with Crippen molar-refractivity contribution in [2.45, 2.75) is 13.1 Å². The maximum Gasteiger partial charge on any atom is 0.422 e. The molecule has 0 heterocycles. The van der Waals surface area contributed by atoms with Gasteiger partial charge in [0.05, 0.1) is 5.76 Å². The minimum atomic E-state index is -4.25. The summed E-state index contributed by atoms with van der Waals surface area (Å²) in [5.74, 6) is 0.0762. The molecule has 0 aliphatic heterocycles. The Morgan fingerprint density at radius 1 is 1.56 bits per heavy atom. The maximum atomic E-state index is 11.2. The van der Waals surface area contributed by atoms with Gasteiger partial charge in [0.2, 0.25) is 0 Å². The van der Waals surface area contributed by atoms with E-state index in [0.29, 0.717) is 0 Å². The number of halogens is 3. The van der Waals surface area contributed by atoms with Crippen molar-refractivity contribution in [3.05, 3.63) is 12.3 Å². The van der Waals surface area contributed by atoms with Gasteiger partial charge in [0.25, 0.3) is 0 Å². The molecule has 0 radical (unpaired) electrons. The summed E-state index contributed by atoms with van der Waals surface area (Å²) >= 11 is 0. The van der Waals surface area contributed by atoms with Crippen LogP contribution < -0.4 is 0 Å². The predicted octanol–water partition coefficient (Wildman–Crippen LogP) is 2.10. The minimum absolute atomic E-state index is 0.0762. The average molecular weight is 140 g/mol. The van der Waals surface area contributed by atoms with Crippen LogP contribution in [0.2, 0.25) is 0 Å². The molecule has 1 nitrogen and oxygen atoms in total. The summed E-state index contributed by atoms with van der Waals surface area (Å²) in [7, 11) is 0. The fourth-order valence-corrected chi connectivity index (χ4v) is 0.205. The Labute approximate surface area is 51.1 Å². The molecule has 0 aromatic heterocycles. The van der Waals surface area contributed by atoms with E-state index in [-0.39, 0.29) is 5.76 Å². The van der Waals surface area contributed by atoms with Gasteiger partial charge in [0.1, 0.15) is 0 Å². The molecule has 0 N–H and O–H groups in total. The Balaban J connectivity index is 3.39. The van der Waals surface area contributed by atoms with Crippen LogP contribution in [0.3, 0.4) is 0 Å². The fraction of sp³-hybridized carbons (Fsp3) is 0.600. The smallest absolute Gasteiger partial charge is 0.422 e. The van der Waals surface area contributed by atoms with Gasteiger partial charge in [-0.3, -0.25) is 0 Å². The van der Waals surface area contributed by atoms with Crippen LogP contribution >= 0.6 is 0 Å². The van der Waals surface area contributed by atoms with Gasteiger partial charge in [0, 0.05) is 0 Å². The first-order valence-corrected chi connectivity index (χ1v) is 2.27. The second-order valence-electron chi connectivity index (χ2n) is 1.61. The van der Waals surface area contributed by atoms with Gasteiger partial charge < -0.3 is 4.74 Å². The molecule has 0 saturated carbocycles. The van der Waals surface area contributed by atoms with E-state index in [4.69, 9.17) is 0 Å². The lowest BCUT2D eigenvalue weighted by molar-refractivity contribution is -0.164. The summed E-state index contributed by atoms with van der Waals surface area (Å²) in [4.78, 5) is 0. The summed E-state index contributed by atoms with van der Waals surface area (Å²) < 4.78 is 37.8. The van der Waals surface area contributed by atoms with Gasteiger partial charge in [-0.2, -0.15) is 13.2 Å². The van der Waals surface area contributed by atoms with Crippen molar-refractivity contribution in [2.75, 3.05) is 6.61 Å². The van der Waals surface area contributed by atoms with Crippen LogP contribution in [-0.2, 0) is 4.74 Å². The van der Waals surface area contributed by atoms with Gasteiger partial charge in [-0.1, -0.05) is 6.58 Å². The quantitative estimate of drug-likeness (QED) is 0.533. The van der Waals surface area contributed by atoms with Crippen molar-refractivity contribution in [1.29, 1.82) is 0 Å². The molecule has 0 unspecified atom stereocenters. The number of rotatable bonds is 2. The van der Waals surface area contributed by atoms with Crippen LogP contribution in [0.25, 0.3) is 0 Å². The zero-order valence-corrected chi connectivity index (χ0v) is 4.96. The largest absolute Gasteiger partial charge is 0.489 e. The van der Waals surface area contributed by atoms with E-state index in [9.17, 15) is 13.2 Å². The summed E-state index contributed by atoms with van der Waals surface area (Å²) in [5.41, 5.74) is 0. The molecule has 0 fully saturated rings. The molecule has 0 amide bonds. The zero-order chi connectivity index (χ0) is 7.49. The number of hydrogen-bond acceptors (Lipinski definition) is 1. The van der Waals surface area contributed by atoms with Crippen LogP contribution in [0, 0.1) is 0 Å². The number of hydrogen-bond donors (Lipinski definition) is 0. The standard InChI is InChI=1S/C5H7F3O/c1-4(2)9-3-5(6,7)8/h1,3H2,2H3. The molecule has 0 rings (SSSR count). The summed E-state index contributed by atoms with van der Waals surface area (Å²) in [6, 6.07) is 0. The molecule has 0 aromatic carbocycles. The highest BCUT2D eigenvalue weighted by Crippen LogP contribution is 2.15. The SMILES string of the molecule is C=C(C)OCC(F)(F)F. The van der Waals surface area contributed by atoms with Crippen molar-refractivity contribution in [1.82, 2.24) is 0 Å². The third-order valence-corrected chi connectivity index (χ3v) is 0.482. The van der Waals surface area contributed by atoms with Gasteiger partial charge in [-0.15, -0.1) is 0 Å². The Morgan fingerprint density at radius 2 is 2.00 bits per heavy atom. The first-order valence-electron chi connectivity index (χ1n) is 2.27. The van der Waals surface area contributed by atoms with Crippen molar-refractivity contribution in [3.8, 4) is 0 Å². The molecule has 9 heavy (non-hydrogen) atoms. The van der Waals surface area contributed by atoms with Gasteiger partial charge in [-0.05, 0) is 6.92 Å². The third-order valence-electron chi connectivity index (χ3n) is 0.482. The second-order valence-corrected chi connectivity index (χ2v) is 1.61. The number of alkyl halides is 3. The Kier molecular flexibility index (Phi) is 2.55. The van der Waals surface area contributed by atoms with E-state index in [1.54, 1.807) is 0 Å². The molecule has 54 valence electrons. The zero-order valence-electron chi connectivity index (χ0n) is 4.96. The fourth-order valence-electron chi connectivity index (χ4n) is 0.205. The molecular weight excluding hydrogens is 133 g/mol. The lowest BCUT2D eigenvalue weighted by atomic mass is 10.6. The molecule has 0 aliphatic rings. The predicted molar refractivity (Wildman–Crippen MR) is 26.8 cm³/mol. The summed E-state index contributed by atoms with van der Waals surface area (Å²) in [6.45, 7) is 3.26. The molecule has 4 heteroatoms. The van der Waals surface area contributed by atoms with Crippen LogP contribution in [0.15, 0.2) is 12.3 Å². The molecule has 0 aliphatic carbocycles. The number of ether oxygens (including phenoxy) is 1. The van der Waals surface area contributed by atoms with Crippen LogP contribution in [0.4, 0.5) is 13.2 Å². The van der Waals surface area contributed by atoms with Crippen LogP contribution in [0.1, 0.15) is 6.92 Å². The van der Waals surface area contributed by atoms with Crippen molar-refractivity contribution < 1.29 is 17.9 Å². The first kappa shape index (κ1) is 8.33. The van der Waals surface area contributed by atoms with Gasteiger partial charge in [0.15, 0.2) is 6.61 Å². The Bertz CT molecular complexity index is 105. The monoisotopic (exact) mass is 140 g/mol. The Morgan fingerprint density at radius 3 is 2.11 bits per heavy atom. The Hall–Kier alpha value is -0.670. The van der Waals surface area contributed by atoms with Crippen molar-refractivity contribution >= 4 is 0 Å². The van der Waals surface area contributed by atoms with E-state index in [1.807, 2.05) is 0 Å². The highest BCUT2D eigenvalue weighted by molar-refractivity contribution is 4.74. The lowest BCUT2D eigenvalue weighted by Gasteiger charge is -2.06. The number of allylic oxidation sites excluding steroid dienone is 1. The molecule has 0 bridgehead atoms. The van der Waals surface area contributed by atoms with Gasteiger partial charge >= 0.3 is 6.18 Å². The highest BCUT2D eigenvalue weighted by Gasteiger charge is 2.27. The lowest BCUT2D eigenvalue weighted by Crippen LogP contribution is -2.15. The molecule has 0 saturated heterocycles. The maximum absolute atomic E-state index is 11.2. The van der Waals surface area contributed by atoms with Crippen molar-refractivity contribution in [2.24, 2.45) is 0 Å². The van der Waals surface area contributed by atoms with Crippen molar-refractivity contribution in [3.63, 3.8) is 0 Å². The van der Waals surface area contributed by atoms with E-state index in [1.165, 1.54) is 6.92 Å². The molecular formula is C5H7F3O. The normalized spacial score (nSPS) is 11.1. The van der Waals surface area contributed by atoms with Crippen LogP contribution in [-0.4, -0.2) is 12.8 Å². The van der Waals surface area contributed by atoms with Gasteiger partial charge in [-0.25, -0.2) is 0 Å². The van der Waals surface area contributed by atoms with Crippen LogP contribution in [0.5, 0.6) is 0 Å². The summed E-state index contributed by atoms with van der Waals surface area (Å²) in [6.07, 6.45) is -4.25. The van der Waals surface area contributed by atoms with E-state index in [0.717, 1.165) is 0 Å². The third kappa shape index (κ3) is 7.33. The highest BCUT2D eigenvalue weighted by atomic mass is 19.4. The van der Waals surface area contributed by atoms with E-state index in [2.05, 4.69) is 11.3 Å². The average Bonchev–Trinajstić information content (AvgIpc) is 1.59. The van der Waals surface area contributed by atoms with E-state index >= 15 is 0 Å². The topological polar surface area (TPSA) is 9.23 Å². The van der Waals surface area contributed by atoms with E-state index < -0.39 is 12.8 Å². The molecule has 0 aromatic rings. The minimum Gasteiger partial charge on any atom is -0.489 e. The molecule has 0 spiro atoms. The second kappa shape index (κ2) is 2.75. The first-order chi connectivity index (χ1) is 3.92. The molecule has 0 atom stereocenters.